The van der Waals surface area contributed by atoms with Crippen molar-refractivity contribution >= 4 is 34.2 Å². The molecule has 6 nitrogen and oxygen atoms in total. The Kier molecular flexibility index (Phi) is 7.12. The van der Waals surface area contributed by atoms with Gasteiger partial charge in [-0.15, -0.1) is 11.3 Å². The first-order valence-corrected chi connectivity index (χ1v) is 9.57. The van der Waals surface area contributed by atoms with Crippen molar-refractivity contribution in [3.63, 3.8) is 0 Å². The van der Waals surface area contributed by atoms with E-state index < -0.39 is 17.8 Å². The average molecular weight is 389 g/mol. The number of ether oxygens (including phenoxy) is 2. The normalized spacial score (nSPS) is 10.6. The zero-order chi connectivity index (χ0) is 20.0. The molecule has 0 atom stereocenters. The van der Waals surface area contributed by atoms with E-state index >= 15 is 0 Å². The Hall–Kier alpha value is -2.67. The Morgan fingerprint density at radius 3 is 2.52 bits per heavy atom. The molecule has 144 valence electrons. The SMILES string of the molecule is CCOC(=O)c1c(CC(C)C)csc1NC(=O)c1ccccc1OC(C)=O. The summed E-state index contributed by atoms with van der Waals surface area (Å²) in [5, 5.41) is 5.04. The summed E-state index contributed by atoms with van der Waals surface area (Å²) in [6.45, 7) is 7.36. The molecule has 0 radical (unpaired) electrons. The van der Waals surface area contributed by atoms with Crippen LogP contribution in [0, 0.1) is 5.92 Å². The molecule has 1 aromatic heterocycles. The molecule has 27 heavy (non-hydrogen) atoms. The van der Waals surface area contributed by atoms with Crippen molar-refractivity contribution in [1.29, 1.82) is 0 Å². The van der Waals surface area contributed by atoms with Crippen molar-refractivity contribution in [2.45, 2.75) is 34.1 Å². The summed E-state index contributed by atoms with van der Waals surface area (Å²) in [5.41, 5.74) is 1.44. The topological polar surface area (TPSA) is 81.7 Å². The summed E-state index contributed by atoms with van der Waals surface area (Å²) in [6, 6.07) is 6.44. The first-order valence-electron chi connectivity index (χ1n) is 8.69. The summed E-state index contributed by atoms with van der Waals surface area (Å²) in [5.74, 6) is -0.925. The van der Waals surface area contributed by atoms with Gasteiger partial charge < -0.3 is 14.8 Å². The maximum atomic E-state index is 12.7. The fraction of sp³-hybridized carbons (Fsp3) is 0.350. The number of benzene rings is 1. The predicted octanol–water partition coefficient (Wildman–Crippen LogP) is 4.30. The van der Waals surface area contributed by atoms with E-state index in [2.05, 4.69) is 19.2 Å². The minimum atomic E-state index is -0.516. The zero-order valence-corrected chi connectivity index (χ0v) is 16.6. The van der Waals surface area contributed by atoms with Crippen molar-refractivity contribution < 1.29 is 23.9 Å². The van der Waals surface area contributed by atoms with E-state index in [1.165, 1.54) is 18.3 Å². The fourth-order valence-electron chi connectivity index (χ4n) is 2.57. The summed E-state index contributed by atoms with van der Waals surface area (Å²) in [4.78, 5) is 36.4. The predicted molar refractivity (Wildman–Crippen MR) is 105 cm³/mol. The van der Waals surface area contributed by atoms with Crippen LogP contribution in [-0.4, -0.2) is 24.5 Å². The van der Waals surface area contributed by atoms with E-state index in [1.54, 1.807) is 31.2 Å². The molecule has 1 amide bonds. The molecule has 0 aliphatic heterocycles. The van der Waals surface area contributed by atoms with Crippen LogP contribution in [-0.2, 0) is 16.0 Å². The molecular weight excluding hydrogens is 366 g/mol. The molecule has 1 heterocycles. The van der Waals surface area contributed by atoms with Gasteiger partial charge in [-0.3, -0.25) is 9.59 Å². The first kappa shape index (κ1) is 20.6. The van der Waals surface area contributed by atoms with Crippen LogP contribution in [0.5, 0.6) is 5.75 Å². The lowest BCUT2D eigenvalue weighted by Gasteiger charge is -2.11. The van der Waals surface area contributed by atoms with Crippen molar-refractivity contribution in [2.75, 3.05) is 11.9 Å². The molecule has 0 spiro atoms. The van der Waals surface area contributed by atoms with Gasteiger partial charge in [0.1, 0.15) is 10.8 Å². The molecule has 0 saturated carbocycles. The van der Waals surface area contributed by atoms with Crippen LogP contribution in [0.4, 0.5) is 5.00 Å². The lowest BCUT2D eigenvalue weighted by Crippen LogP contribution is -2.17. The van der Waals surface area contributed by atoms with Crippen molar-refractivity contribution in [3.8, 4) is 5.75 Å². The van der Waals surface area contributed by atoms with Crippen molar-refractivity contribution in [2.24, 2.45) is 5.92 Å². The summed E-state index contributed by atoms with van der Waals surface area (Å²) >= 11 is 1.27. The smallest absolute Gasteiger partial charge is 0.341 e. The third-order valence-corrected chi connectivity index (χ3v) is 4.53. The van der Waals surface area contributed by atoms with Crippen LogP contribution in [0.2, 0.25) is 0 Å². The Morgan fingerprint density at radius 2 is 1.89 bits per heavy atom. The number of amides is 1. The van der Waals surface area contributed by atoms with E-state index in [9.17, 15) is 14.4 Å². The van der Waals surface area contributed by atoms with Crippen LogP contribution in [0.25, 0.3) is 0 Å². The average Bonchev–Trinajstić information content (AvgIpc) is 2.96. The maximum absolute atomic E-state index is 12.7. The van der Waals surface area contributed by atoms with Gasteiger partial charge in [-0.1, -0.05) is 26.0 Å². The highest BCUT2D eigenvalue weighted by molar-refractivity contribution is 7.15. The fourth-order valence-corrected chi connectivity index (χ4v) is 3.53. The van der Waals surface area contributed by atoms with Gasteiger partial charge in [-0.05, 0) is 42.3 Å². The van der Waals surface area contributed by atoms with Gasteiger partial charge in [-0.25, -0.2) is 4.79 Å². The molecular formula is C20H23NO5S. The number of nitrogens with one attached hydrogen (secondary N) is 1. The number of esters is 2. The number of thiophene rings is 1. The number of carbonyl (C=O) groups is 3. The molecule has 2 rings (SSSR count). The summed E-state index contributed by atoms with van der Waals surface area (Å²) in [7, 11) is 0. The lowest BCUT2D eigenvalue weighted by molar-refractivity contribution is -0.131. The Labute approximate surface area is 162 Å². The molecule has 0 saturated heterocycles. The second kappa shape index (κ2) is 9.32. The van der Waals surface area contributed by atoms with Gasteiger partial charge in [0.15, 0.2) is 0 Å². The number of para-hydroxylation sites is 1. The van der Waals surface area contributed by atoms with Gasteiger partial charge in [0.05, 0.1) is 17.7 Å². The Balaban J connectivity index is 2.34. The number of carbonyl (C=O) groups excluding carboxylic acids is 3. The quantitative estimate of drug-likeness (QED) is 0.564. The molecule has 0 bridgehead atoms. The third-order valence-electron chi connectivity index (χ3n) is 3.59. The first-order chi connectivity index (χ1) is 12.8. The van der Waals surface area contributed by atoms with Gasteiger partial charge in [-0.2, -0.15) is 0 Å². The van der Waals surface area contributed by atoms with E-state index in [-0.39, 0.29) is 17.9 Å². The van der Waals surface area contributed by atoms with Crippen molar-refractivity contribution in [3.05, 3.63) is 46.3 Å². The second-order valence-corrected chi connectivity index (χ2v) is 7.21. The highest BCUT2D eigenvalue weighted by Gasteiger charge is 2.23. The van der Waals surface area contributed by atoms with Gasteiger partial charge in [0.2, 0.25) is 0 Å². The third kappa shape index (κ3) is 5.40. The van der Waals surface area contributed by atoms with Crippen LogP contribution < -0.4 is 10.1 Å². The van der Waals surface area contributed by atoms with Gasteiger partial charge in [0.25, 0.3) is 5.91 Å². The highest BCUT2D eigenvalue weighted by Crippen LogP contribution is 2.32. The molecule has 2 aromatic rings. The molecule has 7 heteroatoms. The van der Waals surface area contributed by atoms with Crippen LogP contribution >= 0.6 is 11.3 Å². The largest absolute Gasteiger partial charge is 0.462 e. The number of hydrogen-bond donors (Lipinski definition) is 1. The molecule has 0 unspecified atom stereocenters. The number of anilines is 1. The second-order valence-electron chi connectivity index (χ2n) is 6.33. The van der Waals surface area contributed by atoms with E-state index in [1.807, 2.05) is 5.38 Å². The van der Waals surface area contributed by atoms with Crippen LogP contribution in [0.15, 0.2) is 29.6 Å². The highest BCUT2D eigenvalue weighted by atomic mass is 32.1. The minimum Gasteiger partial charge on any atom is -0.462 e. The van der Waals surface area contributed by atoms with E-state index in [0.717, 1.165) is 5.56 Å². The molecule has 1 N–H and O–H groups in total. The monoisotopic (exact) mass is 389 g/mol. The Morgan fingerprint density at radius 1 is 1.19 bits per heavy atom. The summed E-state index contributed by atoms with van der Waals surface area (Å²) < 4.78 is 10.3. The molecule has 0 fully saturated rings. The van der Waals surface area contributed by atoms with Crippen molar-refractivity contribution in [1.82, 2.24) is 0 Å². The number of rotatable bonds is 7. The van der Waals surface area contributed by atoms with Gasteiger partial charge in [0, 0.05) is 6.92 Å². The number of hydrogen-bond acceptors (Lipinski definition) is 6. The van der Waals surface area contributed by atoms with E-state index in [0.29, 0.717) is 22.9 Å². The molecule has 0 aliphatic carbocycles. The standard InChI is InChI=1S/C20H23NO5S/c1-5-25-20(24)17-14(10-12(2)3)11-27-19(17)21-18(23)15-8-6-7-9-16(15)26-13(4)22/h6-9,11-12H,5,10H2,1-4H3,(H,21,23). The van der Waals surface area contributed by atoms with Crippen LogP contribution in [0.3, 0.4) is 0 Å². The van der Waals surface area contributed by atoms with E-state index in [4.69, 9.17) is 9.47 Å². The molecule has 0 aliphatic rings. The Bertz CT molecular complexity index is 841. The lowest BCUT2D eigenvalue weighted by atomic mass is 10.0. The van der Waals surface area contributed by atoms with Gasteiger partial charge >= 0.3 is 11.9 Å². The van der Waals surface area contributed by atoms with Crippen LogP contribution in [0.1, 0.15) is 54.0 Å². The summed E-state index contributed by atoms with van der Waals surface area (Å²) in [6.07, 6.45) is 0.699. The molecule has 1 aromatic carbocycles. The maximum Gasteiger partial charge on any atom is 0.341 e. The minimum absolute atomic E-state index is 0.166. The zero-order valence-electron chi connectivity index (χ0n) is 15.8.